The highest BCUT2D eigenvalue weighted by molar-refractivity contribution is 9.10. The van der Waals surface area contributed by atoms with Crippen LogP contribution in [-0.4, -0.2) is 17.3 Å². The van der Waals surface area contributed by atoms with E-state index in [9.17, 15) is 4.79 Å². The predicted molar refractivity (Wildman–Crippen MR) is 30.0 cm³/mol. The third-order valence-corrected chi connectivity index (χ3v) is 1.64. The molecule has 1 fully saturated rings. The number of hydrogen-bond donors (Lipinski definition) is 1. The molecule has 1 aliphatic heterocycles. The molecule has 1 N–H and O–H groups in total. The summed E-state index contributed by atoms with van der Waals surface area (Å²) in [6.45, 7) is 0.703. The average molecular weight is 163 g/mol. The minimum atomic E-state index is -0.0486. The molecule has 39 valence electrons. The van der Waals surface area contributed by atoms with Gasteiger partial charge in [-0.05, 0) is 0 Å². The highest BCUT2D eigenvalue weighted by atomic mass is 79.9. The Morgan fingerprint density at radius 3 is 2.86 bits per heavy atom. The second-order valence-corrected chi connectivity index (χ2v) is 2.37. The number of rotatable bonds is 0. The van der Waals surface area contributed by atoms with E-state index in [0.29, 0.717) is 6.54 Å². The van der Waals surface area contributed by atoms with Crippen molar-refractivity contribution in [2.24, 2.45) is 0 Å². The highest BCUT2D eigenvalue weighted by Crippen LogP contribution is 2.07. The number of alkyl halides is 1. The third kappa shape index (κ3) is 0.938. The van der Waals surface area contributed by atoms with Crippen molar-refractivity contribution in [3.05, 3.63) is 6.42 Å². The van der Waals surface area contributed by atoms with Crippen LogP contribution in [0.4, 0.5) is 0 Å². The van der Waals surface area contributed by atoms with Gasteiger partial charge in [-0.2, -0.15) is 0 Å². The van der Waals surface area contributed by atoms with Crippen molar-refractivity contribution >= 4 is 21.8 Å². The molecule has 0 bridgehead atoms. The normalized spacial score (nSPS) is 30.4. The van der Waals surface area contributed by atoms with Gasteiger partial charge in [-0.3, -0.25) is 4.79 Å². The molecule has 1 radical (unpaired) electrons. The molecule has 1 aliphatic rings. The van der Waals surface area contributed by atoms with Crippen molar-refractivity contribution in [2.45, 2.75) is 4.83 Å². The summed E-state index contributed by atoms with van der Waals surface area (Å²) in [6.07, 6.45) is 1.88. The standard InChI is InChI=1S/C4H5BrNO/c5-3-1-2-6-4(3)7/h1,3H,2H2,(H,6,7). The lowest BCUT2D eigenvalue weighted by Crippen LogP contribution is -2.18. The smallest absolute Gasteiger partial charge is 0.234 e. The second-order valence-electron chi connectivity index (χ2n) is 1.38. The van der Waals surface area contributed by atoms with Crippen molar-refractivity contribution in [3.63, 3.8) is 0 Å². The molecule has 2 nitrogen and oxygen atoms in total. The van der Waals surface area contributed by atoms with Crippen LogP contribution in [0, 0.1) is 6.42 Å². The van der Waals surface area contributed by atoms with Crippen LogP contribution in [-0.2, 0) is 4.79 Å². The van der Waals surface area contributed by atoms with Crippen molar-refractivity contribution in [3.8, 4) is 0 Å². The van der Waals surface area contributed by atoms with E-state index in [0.717, 1.165) is 0 Å². The van der Waals surface area contributed by atoms with Crippen LogP contribution in [0.5, 0.6) is 0 Å². The van der Waals surface area contributed by atoms with E-state index >= 15 is 0 Å². The van der Waals surface area contributed by atoms with Crippen LogP contribution in [0.15, 0.2) is 0 Å². The molecule has 1 unspecified atom stereocenters. The lowest BCUT2D eigenvalue weighted by molar-refractivity contribution is -0.118. The lowest BCUT2D eigenvalue weighted by atomic mass is 10.4. The maximum atomic E-state index is 10.4. The maximum absolute atomic E-state index is 10.4. The first kappa shape index (κ1) is 5.09. The molecule has 1 rings (SSSR count). The van der Waals surface area contributed by atoms with E-state index in [2.05, 4.69) is 21.2 Å². The molecule has 1 amide bonds. The zero-order valence-electron chi connectivity index (χ0n) is 3.65. The molecule has 1 atom stereocenters. The summed E-state index contributed by atoms with van der Waals surface area (Å²) in [6, 6.07) is 0. The number of carbonyl (C=O) groups is 1. The molecule has 3 heteroatoms. The van der Waals surface area contributed by atoms with Crippen LogP contribution < -0.4 is 5.32 Å². The van der Waals surface area contributed by atoms with E-state index in [4.69, 9.17) is 0 Å². The zero-order valence-corrected chi connectivity index (χ0v) is 5.23. The van der Waals surface area contributed by atoms with Gasteiger partial charge in [0.25, 0.3) is 0 Å². The topological polar surface area (TPSA) is 29.1 Å². The maximum Gasteiger partial charge on any atom is 0.234 e. The quantitative estimate of drug-likeness (QED) is 0.503. The highest BCUT2D eigenvalue weighted by Gasteiger charge is 2.19. The van der Waals surface area contributed by atoms with E-state index < -0.39 is 0 Å². The Bertz CT molecular complexity index is 93.7. The van der Waals surface area contributed by atoms with Gasteiger partial charge in [-0.25, -0.2) is 0 Å². The lowest BCUT2D eigenvalue weighted by Gasteiger charge is -1.87. The summed E-state index contributed by atoms with van der Waals surface area (Å²) >= 11 is 3.14. The SMILES string of the molecule is O=C1NC[CH]C1Br. The fourth-order valence-electron chi connectivity index (χ4n) is 0.468. The van der Waals surface area contributed by atoms with Crippen molar-refractivity contribution in [1.82, 2.24) is 5.32 Å². The molecule has 0 saturated carbocycles. The third-order valence-electron chi connectivity index (χ3n) is 0.852. The molecule has 1 heterocycles. The Labute approximate surface area is 50.4 Å². The van der Waals surface area contributed by atoms with Gasteiger partial charge in [0.05, 0.1) is 4.83 Å². The second kappa shape index (κ2) is 1.82. The molecule has 1 saturated heterocycles. The van der Waals surface area contributed by atoms with Crippen LogP contribution in [0.3, 0.4) is 0 Å². The summed E-state index contributed by atoms with van der Waals surface area (Å²) in [4.78, 5) is 10.3. The van der Waals surface area contributed by atoms with Gasteiger partial charge in [0.1, 0.15) is 0 Å². The molecule has 0 aromatic rings. The summed E-state index contributed by atoms with van der Waals surface area (Å²) < 4.78 is 0. The number of hydrogen-bond acceptors (Lipinski definition) is 1. The Hall–Kier alpha value is -0.0500. The van der Waals surface area contributed by atoms with Gasteiger partial charge in [-0.15, -0.1) is 0 Å². The monoisotopic (exact) mass is 162 g/mol. The molecular formula is C4H5BrNO. The van der Waals surface area contributed by atoms with Crippen LogP contribution in [0.2, 0.25) is 0 Å². The largest absolute Gasteiger partial charge is 0.355 e. The van der Waals surface area contributed by atoms with Gasteiger partial charge in [-0.1, -0.05) is 15.9 Å². The van der Waals surface area contributed by atoms with Crippen LogP contribution in [0.1, 0.15) is 0 Å². The minimum Gasteiger partial charge on any atom is -0.355 e. The van der Waals surface area contributed by atoms with E-state index in [1.807, 2.05) is 6.42 Å². The first-order valence-electron chi connectivity index (χ1n) is 2.06. The fraction of sp³-hybridized carbons (Fsp3) is 0.500. The average Bonchev–Trinajstić information content (AvgIpc) is 1.91. The Kier molecular flexibility index (Phi) is 1.32. The number of amides is 1. The van der Waals surface area contributed by atoms with Gasteiger partial charge < -0.3 is 5.32 Å². The molecule has 0 aromatic heterocycles. The van der Waals surface area contributed by atoms with Crippen LogP contribution in [0.25, 0.3) is 0 Å². The van der Waals surface area contributed by atoms with E-state index in [-0.39, 0.29) is 10.7 Å². The molecule has 0 spiro atoms. The fourth-order valence-corrected chi connectivity index (χ4v) is 0.816. The van der Waals surface area contributed by atoms with E-state index in [1.54, 1.807) is 0 Å². The van der Waals surface area contributed by atoms with Gasteiger partial charge >= 0.3 is 0 Å². The molecule has 0 aliphatic carbocycles. The van der Waals surface area contributed by atoms with Crippen molar-refractivity contribution in [1.29, 1.82) is 0 Å². The number of halogens is 1. The minimum absolute atomic E-state index is 0.0486. The zero-order chi connectivity index (χ0) is 5.28. The predicted octanol–water partition coefficient (Wildman–Crippen LogP) is 0.0840. The van der Waals surface area contributed by atoms with Gasteiger partial charge in [0.15, 0.2) is 0 Å². The summed E-state index contributed by atoms with van der Waals surface area (Å²) in [5.74, 6) is 0.0694. The first-order valence-corrected chi connectivity index (χ1v) is 2.97. The molecular weight excluding hydrogens is 158 g/mol. The summed E-state index contributed by atoms with van der Waals surface area (Å²) in [7, 11) is 0. The summed E-state index contributed by atoms with van der Waals surface area (Å²) in [5, 5.41) is 2.63. The molecule has 7 heavy (non-hydrogen) atoms. The van der Waals surface area contributed by atoms with Gasteiger partial charge in [0, 0.05) is 13.0 Å². The molecule has 0 aromatic carbocycles. The Balaban J connectivity index is 2.48. The van der Waals surface area contributed by atoms with Crippen molar-refractivity contribution in [2.75, 3.05) is 6.54 Å². The van der Waals surface area contributed by atoms with E-state index in [1.165, 1.54) is 0 Å². The van der Waals surface area contributed by atoms with Gasteiger partial charge in [0.2, 0.25) is 5.91 Å². The summed E-state index contributed by atoms with van der Waals surface area (Å²) in [5.41, 5.74) is 0. The Morgan fingerprint density at radius 1 is 2.00 bits per heavy atom. The number of carbonyl (C=O) groups excluding carboxylic acids is 1. The Morgan fingerprint density at radius 2 is 2.71 bits per heavy atom. The van der Waals surface area contributed by atoms with Crippen LogP contribution >= 0.6 is 15.9 Å². The first-order chi connectivity index (χ1) is 3.30. The number of nitrogens with one attached hydrogen (secondary N) is 1. The van der Waals surface area contributed by atoms with Crippen molar-refractivity contribution < 1.29 is 4.79 Å².